The molecule has 0 fully saturated rings. The molecule has 0 saturated carbocycles. The van der Waals surface area contributed by atoms with Crippen molar-refractivity contribution in [1.29, 1.82) is 0 Å². The van der Waals surface area contributed by atoms with Crippen molar-refractivity contribution < 1.29 is 9.13 Å². The molecule has 1 aliphatic heterocycles. The van der Waals surface area contributed by atoms with Gasteiger partial charge >= 0.3 is 0 Å². The SMILES string of the molecule is CCC1CCSC(Nc2ccc(OC)c(F)c2)=N1. The Morgan fingerprint density at radius 1 is 1.56 bits per heavy atom. The second-order valence-electron chi connectivity index (χ2n) is 4.11. The zero-order valence-corrected chi connectivity index (χ0v) is 11.4. The summed E-state index contributed by atoms with van der Waals surface area (Å²) in [5, 5.41) is 4.03. The normalized spacial score (nSPS) is 19.3. The average molecular weight is 268 g/mol. The van der Waals surface area contributed by atoms with Crippen LogP contribution in [0.2, 0.25) is 0 Å². The molecule has 1 heterocycles. The summed E-state index contributed by atoms with van der Waals surface area (Å²) in [4.78, 5) is 4.58. The lowest BCUT2D eigenvalue weighted by Crippen LogP contribution is -2.19. The Hall–Kier alpha value is -1.23. The number of nitrogens with zero attached hydrogens (tertiary/aromatic N) is 1. The van der Waals surface area contributed by atoms with Crippen molar-refractivity contribution >= 4 is 22.6 Å². The van der Waals surface area contributed by atoms with Gasteiger partial charge in [0.25, 0.3) is 0 Å². The van der Waals surface area contributed by atoms with E-state index in [2.05, 4.69) is 17.2 Å². The van der Waals surface area contributed by atoms with Crippen molar-refractivity contribution in [2.45, 2.75) is 25.8 Å². The van der Waals surface area contributed by atoms with Crippen LogP contribution in [-0.4, -0.2) is 24.1 Å². The molecule has 3 nitrogen and oxygen atoms in total. The Morgan fingerprint density at radius 2 is 2.39 bits per heavy atom. The molecule has 0 spiro atoms. The maximum Gasteiger partial charge on any atom is 0.167 e. The van der Waals surface area contributed by atoms with E-state index in [1.807, 2.05) is 0 Å². The van der Waals surface area contributed by atoms with Crippen LogP contribution in [0.25, 0.3) is 0 Å². The summed E-state index contributed by atoms with van der Waals surface area (Å²) < 4.78 is 18.4. The Morgan fingerprint density at radius 3 is 3.06 bits per heavy atom. The fraction of sp³-hybridized carbons (Fsp3) is 0.462. The highest BCUT2D eigenvalue weighted by atomic mass is 32.2. The summed E-state index contributed by atoms with van der Waals surface area (Å²) in [5.74, 6) is 0.948. The van der Waals surface area contributed by atoms with Gasteiger partial charge in [0, 0.05) is 17.5 Å². The molecule has 2 rings (SSSR count). The van der Waals surface area contributed by atoms with Gasteiger partial charge in [-0.25, -0.2) is 4.39 Å². The zero-order chi connectivity index (χ0) is 13.0. The third-order valence-corrected chi connectivity index (χ3v) is 3.78. The van der Waals surface area contributed by atoms with Crippen LogP contribution < -0.4 is 10.1 Å². The summed E-state index contributed by atoms with van der Waals surface area (Å²) in [7, 11) is 1.46. The second-order valence-corrected chi connectivity index (χ2v) is 5.19. The Bertz CT molecular complexity index is 451. The van der Waals surface area contributed by atoms with Gasteiger partial charge in [0.05, 0.1) is 13.2 Å². The molecule has 1 N–H and O–H groups in total. The molecule has 1 aromatic rings. The number of hydrogen-bond acceptors (Lipinski definition) is 4. The predicted octanol–water partition coefficient (Wildman–Crippen LogP) is 3.52. The number of thioether (sulfide) groups is 1. The molecule has 0 bridgehead atoms. The summed E-state index contributed by atoms with van der Waals surface area (Å²) in [6, 6.07) is 5.22. The number of methoxy groups -OCH3 is 1. The van der Waals surface area contributed by atoms with Gasteiger partial charge in [0.1, 0.15) is 0 Å². The molecule has 18 heavy (non-hydrogen) atoms. The molecular weight excluding hydrogens is 251 g/mol. The molecule has 1 unspecified atom stereocenters. The van der Waals surface area contributed by atoms with E-state index in [9.17, 15) is 4.39 Å². The Kier molecular flexibility index (Phi) is 4.47. The monoisotopic (exact) mass is 268 g/mol. The van der Waals surface area contributed by atoms with E-state index in [-0.39, 0.29) is 11.6 Å². The van der Waals surface area contributed by atoms with Crippen LogP contribution in [0.15, 0.2) is 23.2 Å². The summed E-state index contributed by atoms with van der Waals surface area (Å²) >= 11 is 1.68. The Labute approximate surface area is 111 Å². The molecule has 5 heteroatoms. The first-order valence-electron chi connectivity index (χ1n) is 6.04. The standard InChI is InChI=1S/C13H17FN2OS/c1-3-9-6-7-18-13(15-9)16-10-4-5-12(17-2)11(14)8-10/h4-5,8-9H,3,6-7H2,1-2H3,(H,15,16). The van der Waals surface area contributed by atoms with Crippen molar-refractivity contribution in [3.05, 3.63) is 24.0 Å². The van der Waals surface area contributed by atoms with Crippen LogP contribution in [0.4, 0.5) is 10.1 Å². The molecule has 1 aliphatic rings. The molecule has 0 radical (unpaired) electrons. The number of hydrogen-bond donors (Lipinski definition) is 1. The number of halogens is 1. The van der Waals surface area contributed by atoms with Gasteiger partial charge in [-0.1, -0.05) is 18.7 Å². The molecule has 0 aromatic heterocycles. The molecule has 1 atom stereocenters. The summed E-state index contributed by atoms with van der Waals surface area (Å²) in [6.07, 6.45) is 2.16. The first-order valence-corrected chi connectivity index (χ1v) is 7.02. The van der Waals surface area contributed by atoms with E-state index < -0.39 is 0 Å². The number of aliphatic imine (C=N–C) groups is 1. The molecule has 0 aliphatic carbocycles. The third kappa shape index (κ3) is 3.16. The van der Waals surface area contributed by atoms with E-state index in [0.29, 0.717) is 11.7 Å². The molecule has 98 valence electrons. The number of anilines is 1. The van der Waals surface area contributed by atoms with Crippen molar-refractivity contribution in [3.63, 3.8) is 0 Å². The number of ether oxygens (including phenoxy) is 1. The smallest absolute Gasteiger partial charge is 0.167 e. The van der Waals surface area contributed by atoms with E-state index in [1.54, 1.807) is 23.9 Å². The first kappa shape index (κ1) is 13.2. The quantitative estimate of drug-likeness (QED) is 0.910. The lowest BCUT2D eigenvalue weighted by atomic mass is 10.2. The number of amidine groups is 1. The maximum atomic E-state index is 13.5. The fourth-order valence-electron chi connectivity index (χ4n) is 1.79. The highest BCUT2D eigenvalue weighted by Gasteiger charge is 2.14. The van der Waals surface area contributed by atoms with Crippen molar-refractivity contribution in [1.82, 2.24) is 0 Å². The van der Waals surface area contributed by atoms with E-state index >= 15 is 0 Å². The van der Waals surface area contributed by atoms with E-state index in [4.69, 9.17) is 4.74 Å². The van der Waals surface area contributed by atoms with E-state index in [0.717, 1.165) is 23.8 Å². The highest BCUT2D eigenvalue weighted by Crippen LogP contribution is 2.24. The van der Waals surface area contributed by atoms with Crippen molar-refractivity contribution in [2.75, 3.05) is 18.2 Å². The van der Waals surface area contributed by atoms with Gasteiger partial charge < -0.3 is 10.1 Å². The molecular formula is C13H17FN2OS. The van der Waals surface area contributed by atoms with E-state index in [1.165, 1.54) is 13.2 Å². The van der Waals surface area contributed by atoms with Crippen LogP contribution in [0.5, 0.6) is 5.75 Å². The minimum absolute atomic E-state index is 0.255. The van der Waals surface area contributed by atoms with Crippen LogP contribution in [-0.2, 0) is 0 Å². The Balaban J connectivity index is 2.09. The summed E-state index contributed by atoms with van der Waals surface area (Å²) in [5.41, 5.74) is 0.705. The zero-order valence-electron chi connectivity index (χ0n) is 10.6. The topological polar surface area (TPSA) is 33.6 Å². The second kappa shape index (κ2) is 6.09. The number of nitrogens with one attached hydrogen (secondary N) is 1. The lowest BCUT2D eigenvalue weighted by molar-refractivity contribution is 0.387. The number of rotatable bonds is 3. The van der Waals surface area contributed by atoms with Crippen LogP contribution in [0.3, 0.4) is 0 Å². The molecule has 0 saturated heterocycles. The largest absolute Gasteiger partial charge is 0.494 e. The average Bonchev–Trinajstić information content (AvgIpc) is 2.39. The highest BCUT2D eigenvalue weighted by molar-refractivity contribution is 8.14. The lowest BCUT2D eigenvalue weighted by Gasteiger charge is -2.19. The summed E-state index contributed by atoms with van der Waals surface area (Å²) in [6.45, 7) is 2.13. The van der Waals surface area contributed by atoms with Crippen LogP contribution in [0.1, 0.15) is 19.8 Å². The van der Waals surface area contributed by atoms with Crippen LogP contribution in [0, 0.1) is 5.82 Å². The van der Waals surface area contributed by atoms with Gasteiger partial charge in [-0.2, -0.15) is 0 Å². The predicted molar refractivity (Wildman–Crippen MR) is 75.2 cm³/mol. The molecule has 1 aromatic carbocycles. The van der Waals surface area contributed by atoms with Crippen molar-refractivity contribution in [3.8, 4) is 5.75 Å². The first-order chi connectivity index (χ1) is 8.72. The van der Waals surface area contributed by atoms with Gasteiger partial charge in [-0.15, -0.1) is 0 Å². The van der Waals surface area contributed by atoms with Crippen molar-refractivity contribution in [2.24, 2.45) is 4.99 Å². The minimum Gasteiger partial charge on any atom is -0.494 e. The van der Waals surface area contributed by atoms with Gasteiger partial charge in [-0.3, -0.25) is 4.99 Å². The van der Waals surface area contributed by atoms with Gasteiger partial charge in [0.2, 0.25) is 0 Å². The van der Waals surface area contributed by atoms with Crippen LogP contribution >= 0.6 is 11.8 Å². The fourth-order valence-corrected chi connectivity index (χ4v) is 2.79. The van der Waals surface area contributed by atoms with Gasteiger partial charge in [-0.05, 0) is 25.0 Å². The minimum atomic E-state index is -0.365. The molecule has 0 amide bonds. The maximum absolute atomic E-state index is 13.5. The third-order valence-electron chi connectivity index (χ3n) is 2.86. The number of benzene rings is 1. The van der Waals surface area contributed by atoms with Gasteiger partial charge in [0.15, 0.2) is 16.7 Å².